The van der Waals surface area contributed by atoms with E-state index in [0.29, 0.717) is 5.56 Å². The minimum absolute atomic E-state index is 0.0113. The molecule has 0 heterocycles. The number of non-ortho nitro benzene ring substituents is 1. The Morgan fingerprint density at radius 2 is 1.81 bits per heavy atom. The van der Waals surface area contributed by atoms with Gasteiger partial charge in [-0.15, -0.1) is 0 Å². The molecule has 0 aliphatic carbocycles. The predicted molar refractivity (Wildman–Crippen MR) is 97.9 cm³/mol. The number of nitro groups is 1. The van der Waals surface area contributed by atoms with E-state index >= 15 is 0 Å². The topological polar surface area (TPSA) is 98.5 Å². The summed E-state index contributed by atoms with van der Waals surface area (Å²) in [5.41, 5.74) is 0.604. The van der Waals surface area contributed by atoms with Gasteiger partial charge in [-0.25, -0.2) is 4.79 Å². The third-order valence-corrected chi connectivity index (χ3v) is 4.22. The number of anilines is 1. The molecule has 0 fully saturated rings. The van der Waals surface area contributed by atoms with Crippen molar-refractivity contribution in [2.24, 2.45) is 0 Å². The zero-order valence-electron chi connectivity index (χ0n) is 13.8. The fourth-order valence-electron chi connectivity index (χ4n) is 2.26. The number of nitrogens with zero attached hydrogens (tertiary/aromatic N) is 1. The van der Waals surface area contributed by atoms with E-state index in [-0.39, 0.29) is 27.0 Å². The number of amides is 1. The Kier molecular flexibility index (Phi) is 6.18. The first-order chi connectivity index (χ1) is 12.2. The average molecular weight is 397 g/mol. The van der Waals surface area contributed by atoms with E-state index in [1.165, 1.54) is 43.5 Å². The molecular formula is C17H14Cl2N2O5. The molecule has 1 unspecified atom stereocenters. The van der Waals surface area contributed by atoms with E-state index in [4.69, 9.17) is 23.2 Å². The van der Waals surface area contributed by atoms with Gasteiger partial charge in [0.1, 0.15) is 5.56 Å². The fraction of sp³-hybridized carbons (Fsp3) is 0.176. The molecule has 2 rings (SSSR count). The van der Waals surface area contributed by atoms with Crippen LogP contribution in [0.3, 0.4) is 0 Å². The second kappa shape index (κ2) is 8.16. The first-order valence-electron chi connectivity index (χ1n) is 7.37. The number of hydrogen-bond donors (Lipinski definition) is 1. The van der Waals surface area contributed by atoms with Gasteiger partial charge >= 0.3 is 5.97 Å². The van der Waals surface area contributed by atoms with Crippen LogP contribution in [0.4, 0.5) is 11.4 Å². The van der Waals surface area contributed by atoms with Gasteiger partial charge in [0, 0.05) is 17.2 Å². The molecule has 136 valence electrons. The summed E-state index contributed by atoms with van der Waals surface area (Å²) in [6, 6.07) is 8.37. The van der Waals surface area contributed by atoms with Crippen molar-refractivity contribution in [3.05, 3.63) is 67.7 Å². The minimum Gasteiger partial charge on any atom is -0.465 e. The first kappa shape index (κ1) is 19.7. The van der Waals surface area contributed by atoms with Crippen LogP contribution >= 0.6 is 23.2 Å². The number of nitrogens with one attached hydrogen (secondary N) is 1. The van der Waals surface area contributed by atoms with Gasteiger partial charge in [-0.1, -0.05) is 35.3 Å². The van der Waals surface area contributed by atoms with Gasteiger partial charge in [-0.2, -0.15) is 0 Å². The molecule has 0 aromatic heterocycles. The Bertz CT molecular complexity index is 868. The third kappa shape index (κ3) is 4.30. The van der Waals surface area contributed by atoms with Crippen LogP contribution in [0.2, 0.25) is 10.0 Å². The predicted octanol–water partition coefficient (Wildman–Crippen LogP) is 4.43. The molecule has 0 spiro atoms. The maximum absolute atomic E-state index is 12.5. The van der Waals surface area contributed by atoms with Crippen molar-refractivity contribution >= 4 is 46.5 Å². The normalized spacial score (nSPS) is 11.5. The maximum Gasteiger partial charge on any atom is 0.341 e. The molecule has 0 bridgehead atoms. The number of hydrogen-bond acceptors (Lipinski definition) is 5. The Labute approximate surface area is 159 Å². The van der Waals surface area contributed by atoms with E-state index in [1.807, 2.05) is 0 Å². The first-order valence-corrected chi connectivity index (χ1v) is 8.12. The van der Waals surface area contributed by atoms with Crippen molar-refractivity contribution < 1.29 is 19.2 Å². The molecule has 2 aromatic rings. The van der Waals surface area contributed by atoms with Gasteiger partial charge in [0.25, 0.3) is 5.69 Å². The second-order valence-corrected chi connectivity index (χ2v) is 6.20. The lowest BCUT2D eigenvalue weighted by Crippen LogP contribution is -2.21. The van der Waals surface area contributed by atoms with E-state index < -0.39 is 22.7 Å². The van der Waals surface area contributed by atoms with Crippen LogP contribution in [-0.4, -0.2) is 23.9 Å². The number of esters is 1. The minimum atomic E-state index is -0.718. The van der Waals surface area contributed by atoms with Gasteiger partial charge in [0.2, 0.25) is 5.91 Å². The molecule has 26 heavy (non-hydrogen) atoms. The lowest BCUT2D eigenvalue weighted by Gasteiger charge is -2.15. The summed E-state index contributed by atoms with van der Waals surface area (Å²) >= 11 is 12.0. The van der Waals surface area contributed by atoms with Gasteiger partial charge in [-0.3, -0.25) is 14.9 Å². The molecule has 9 heteroatoms. The molecule has 1 amide bonds. The fourth-order valence-corrected chi connectivity index (χ4v) is 2.83. The molecule has 0 radical (unpaired) electrons. The molecule has 0 saturated carbocycles. The van der Waals surface area contributed by atoms with Crippen molar-refractivity contribution in [1.29, 1.82) is 0 Å². The largest absolute Gasteiger partial charge is 0.465 e. The molecule has 0 aliphatic rings. The number of ether oxygens (including phenoxy) is 1. The van der Waals surface area contributed by atoms with Crippen LogP contribution in [0.15, 0.2) is 36.4 Å². The van der Waals surface area contributed by atoms with Gasteiger partial charge in [0.15, 0.2) is 0 Å². The highest BCUT2D eigenvalue weighted by atomic mass is 35.5. The Morgan fingerprint density at radius 3 is 2.35 bits per heavy atom. The number of methoxy groups -OCH3 is 1. The van der Waals surface area contributed by atoms with E-state index in [2.05, 4.69) is 10.1 Å². The molecule has 7 nitrogen and oxygen atoms in total. The Balaban J connectivity index is 2.29. The molecule has 0 aliphatic heterocycles. The van der Waals surface area contributed by atoms with Crippen molar-refractivity contribution in [3.63, 3.8) is 0 Å². The highest BCUT2D eigenvalue weighted by Crippen LogP contribution is 2.31. The highest BCUT2D eigenvalue weighted by molar-refractivity contribution is 6.37. The van der Waals surface area contributed by atoms with Crippen LogP contribution in [0.1, 0.15) is 28.8 Å². The Hall–Kier alpha value is -2.64. The molecule has 0 saturated heterocycles. The quantitative estimate of drug-likeness (QED) is 0.457. The molecule has 1 atom stereocenters. The summed E-state index contributed by atoms with van der Waals surface area (Å²) in [6.07, 6.45) is 0. The third-order valence-electron chi connectivity index (χ3n) is 3.70. The van der Waals surface area contributed by atoms with Crippen LogP contribution in [-0.2, 0) is 9.53 Å². The molecule has 1 N–H and O–H groups in total. The molecule has 2 aromatic carbocycles. The van der Waals surface area contributed by atoms with Crippen molar-refractivity contribution in [3.8, 4) is 0 Å². The average Bonchev–Trinajstić information content (AvgIpc) is 2.60. The van der Waals surface area contributed by atoms with E-state index in [9.17, 15) is 19.7 Å². The van der Waals surface area contributed by atoms with Crippen molar-refractivity contribution in [2.75, 3.05) is 12.4 Å². The van der Waals surface area contributed by atoms with E-state index in [0.717, 1.165) is 0 Å². The van der Waals surface area contributed by atoms with Crippen LogP contribution in [0, 0.1) is 10.1 Å². The number of rotatable bonds is 5. The molecular weight excluding hydrogens is 383 g/mol. The monoisotopic (exact) mass is 396 g/mol. The highest BCUT2D eigenvalue weighted by Gasteiger charge is 2.22. The lowest BCUT2D eigenvalue weighted by molar-refractivity contribution is -0.384. The van der Waals surface area contributed by atoms with Crippen LogP contribution < -0.4 is 5.32 Å². The summed E-state index contributed by atoms with van der Waals surface area (Å²) in [7, 11) is 1.19. The van der Waals surface area contributed by atoms with Gasteiger partial charge in [-0.05, 0) is 24.6 Å². The number of carbonyl (C=O) groups is 2. The summed E-state index contributed by atoms with van der Waals surface area (Å²) in [6.45, 7) is 1.63. The van der Waals surface area contributed by atoms with Crippen LogP contribution in [0.5, 0.6) is 0 Å². The zero-order chi connectivity index (χ0) is 19.4. The smallest absolute Gasteiger partial charge is 0.341 e. The van der Waals surface area contributed by atoms with Crippen molar-refractivity contribution in [1.82, 2.24) is 0 Å². The number of carbonyl (C=O) groups excluding carboxylic acids is 2. The summed E-state index contributed by atoms with van der Waals surface area (Å²) in [5.74, 6) is -1.80. The van der Waals surface area contributed by atoms with Crippen molar-refractivity contribution in [2.45, 2.75) is 12.8 Å². The number of benzene rings is 2. The zero-order valence-corrected chi connectivity index (χ0v) is 15.3. The maximum atomic E-state index is 12.5. The van der Waals surface area contributed by atoms with Gasteiger partial charge < -0.3 is 10.1 Å². The van der Waals surface area contributed by atoms with E-state index in [1.54, 1.807) is 6.92 Å². The SMILES string of the molecule is COC(=O)c1c(Cl)cc(Cl)cc1NC(=O)C(C)c1ccc([N+](=O)[O-])cc1. The van der Waals surface area contributed by atoms with Gasteiger partial charge in [0.05, 0.1) is 28.7 Å². The summed E-state index contributed by atoms with van der Waals surface area (Å²) in [4.78, 5) is 34.6. The number of nitro benzene ring substituents is 1. The second-order valence-electron chi connectivity index (χ2n) is 5.36. The standard InChI is InChI=1S/C17H14Cl2N2O5/c1-9(10-3-5-12(6-4-10)21(24)25)16(22)20-14-8-11(18)7-13(19)15(14)17(23)26-2/h3-9H,1-2H3,(H,20,22). The summed E-state index contributed by atoms with van der Waals surface area (Å²) < 4.78 is 4.68. The van der Waals surface area contributed by atoms with Crippen LogP contribution in [0.25, 0.3) is 0 Å². The Morgan fingerprint density at radius 1 is 1.19 bits per heavy atom. The number of halogens is 2. The summed E-state index contributed by atoms with van der Waals surface area (Å²) in [5, 5.41) is 13.6. The lowest BCUT2D eigenvalue weighted by atomic mass is 9.99.